The highest BCUT2D eigenvalue weighted by molar-refractivity contribution is 5.88. The molecule has 3 nitrogen and oxygen atoms in total. The van der Waals surface area contributed by atoms with Crippen LogP contribution in [0.5, 0.6) is 11.5 Å². The molecular weight excluding hydrogens is 370 g/mol. The molecule has 0 aliphatic heterocycles. The number of ether oxygens (including phenoxy) is 1. The molecule has 4 aromatic carbocycles. The standard InChI is InChI=1S/C27H29NO2/c1-3-4-17-28(18-24-22-11-7-5-9-20(22)13-15-26(24)29)19-25-23-12-8-6-10-21(23)14-16-27(25)30-2/h5-16,29H,3-4,17-19H2,1-2H3. The number of hydrogen-bond donors (Lipinski definition) is 1. The zero-order valence-corrected chi connectivity index (χ0v) is 17.8. The molecule has 0 fully saturated rings. The largest absolute Gasteiger partial charge is 0.508 e. The average molecular weight is 400 g/mol. The van der Waals surface area contributed by atoms with Gasteiger partial charge in [-0.15, -0.1) is 0 Å². The van der Waals surface area contributed by atoms with Gasteiger partial charge in [-0.3, -0.25) is 4.90 Å². The van der Waals surface area contributed by atoms with Gasteiger partial charge in [-0.05, 0) is 46.6 Å². The minimum atomic E-state index is 0.361. The van der Waals surface area contributed by atoms with Gasteiger partial charge in [0.1, 0.15) is 11.5 Å². The van der Waals surface area contributed by atoms with Crippen molar-refractivity contribution < 1.29 is 9.84 Å². The van der Waals surface area contributed by atoms with E-state index in [0.29, 0.717) is 12.3 Å². The van der Waals surface area contributed by atoms with E-state index >= 15 is 0 Å². The Morgan fingerprint density at radius 1 is 0.767 bits per heavy atom. The first-order chi connectivity index (χ1) is 14.7. The smallest absolute Gasteiger partial charge is 0.123 e. The van der Waals surface area contributed by atoms with Crippen molar-refractivity contribution in [3.63, 3.8) is 0 Å². The highest BCUT2D eigenvalue weighted by Crippen LogP contribution is 2.32. The van der Waals surface area contributed by atoms with Gasteiger partial charge in [0.05, 0.1) is 7.11 Å². The van der Waals surface area contributed by atoms with Crippen molar-refractivity contribution >= 4 is 21.5 Å². The molecule has 4 aromatic rings. The van der Waals surface area contributed by atoms with Gasteiger partial charge in [0.25, 0.3) is 0 Å². The highest BCUT2D eigenvalue weighted by Gasteiger charge is 2.16. The van der Waals surface area contributed by atoms with Gasteiger partial charge in [0, 0.05) is 24.2 Å². The molecule has 0 saturated carbocycles. The van der Waals surface area contributed by atoms with Crippen molar-refractivity contribution in [1.82, 2.24) is 4.90 Å². The van der Waals surface area contributed by atoms with Crippen LogP contribution in [0.25, 0.3) is 21.5 Å². The van der Waals surface area contributed by atoms with E-state index in [1.807, 2.05) is 24.3 Å². The minimum Gasteiger partial charge on any atom is -0.508 e. The Hall–Kier alpha value is -3.04. The Kier molecular flexibility index (Phi) is 6.20. The molecule has 3 heteroatoms. The molecule has 4 rings (SSSR count). The van der Waals surface area contributed by atoms with E-state index in [1.165, 1.54) is 16.3 Å². The van der Waals surface area contributed by atoms with Crippen LogP contribution < -0.4 is 4.74 Å². The third kappa shape index (κ3) is 4.12. The van der Waals surface area contributed by atoms with Crippen LogP contribution in [0.15, 0.2) is 72.8 Å². The SMILES string of the molecule is CCCCN(Cc1c(O)ccc2ccccc12)Cc1c(OC)ccc2ccccc12. The van der Waals surface area contributed by atoms with Crippen LogP contribution in [0, 0.1) is 0 Å². The van der Waals surface area contributed by atoms with Gasteiger partial charge in [-0.25, -0.2) is 0 Å². The van der Waals surface area contributed by atoms with Gasteiger partial charge in [0.15, 0.2) is 0 Å². The van der Waals surface area contributed by atoms with E-state index in [9.17, 15) is 5.11 Å². The Morgan fingerprint density at radius 3 is 2.03 bits per heavy atom. The second-order valence-electron chi connectivity index (χ2n) is 7.82. The van der Waals surface area contributed by atoms with Crippen LogP contribution >= 0.6 is 0 Å². The van der Waals surface area contributed by atoms with Crippen LogP contribution in [0.4, 0.5) is 0 Å². The number of benzene rings is 4. The second-order valence-corrected chi connectivity index (χ2v) is 7.82. The molecule has 0 amide bonds. The van der Waals surface area contributed by atoms with E-state index in [2.05, 4.69) is 60.4 Å². The monoisotopic (exact) mass is 399 g/mol. The maximum Gasteiger partial charge on any atom is 0.123 e. The summed E-state index contributed by atoms with van der Waals surface area (Å²) in [4.78, 5) is 2.43. The van der Waals surface area contributed by atoms with Gasteiger partial charge in [0.2, 0.25) is 0 Å². The molecule has 0 radical (unpaired) electrons. The Labute approximate surface area is 178 Å². The fourth-order valence-corrected chi connectivity index (χ4v) is 4.20. The lowest BCUT2D eigenvalue weighted by Gasteiger charge is -2.25. The second kappa shape index (κ2) is 9.19. The number of hydrogen-bond acceptors (Lipinski definition) is 3. The molecule has 0 aromatic heterocycles. The lowest BCUT2D eigenvalue weighted by atomic mass is 10.0. The van der Waals surface area contributed by atoms with Crippen LogP contribution in [-0.4, -0.2) is 23.7 Å². The van der Waals surface area contributed by atoms with Crippen molar-refractivity contribution in [1.29, 1.82) is 0 Å². The zero-order chi connectivity index (χ0) is 20.9. The van der Waals surface area contributed by atoms with E-state index in [0.717, 1.165) is 48.0 Å². The summed E-state index contributed by atoms with van der Waals surface area (Å²) in [5, 5.41) is 15.4. The Morgan fingerprint density at radius 2 is 1.37 bits per heavy atom. The van der Waals surface area contributed by atoms with Crippen molar-refractivity contribution in [2.24, 2.45) is 0 Å². The predicted molar refractivity (Wildman–Crippen MR) is 125 cm³/mol. The number of phenols is 1. The lowest BCUT2D eigenvalue weighted by molar-refractivity contribution is 0.247. The molecule has 0 spiro atoms. The van der Waals surface area contributed by atoms with Gasteiger partial charge in [-0.1, -0.05) is 74.0 Å². The van der Waals surface area contributed by atoms with Crippen LogP contribution in [0.2, 0.25) is 0 Å². The molecule has 0 aliphatic rings. The fourth-order valence-electron chi connectivity index (χ4n) is 4.20. The van der Waals surface area contributed by atoms with Crippen LogP contribution in [0.1, 0.15) is 30.9 Å². The third-order valence-electron chi connectivity index (χ3n) is 5.82. The summed E-state index contributed by atoms with van der Waals surface area (Å²) in [6.45, 7) is 4.64. The zero-order valence-electron chi connectivity index (χ0n) is 17.8. The van der Waals surface area contributed by atoms with Crippen LogP contribution in [-0.2, 0) is 13.1 Å². The summed E-state index contributed by atoms with van der Waals surface area (Å²) < 4.78 is 5.73. The number of rotatable bonds is 8. The molecule has 0 aliphatic carbocycles. The summed E-state index contributed by atoms with van der Waals surface area (Å²) in [5.74, 6) is 1.28. The fraction of sp³-hybridized carbons (Fsp3) is 0.259. The first kappa shape index (κ1) is 20.2. The van der Waals surface area contributed by atoms with Crippen molar-refractivity contribution in [2.45, 2.75) is 32.9 Å². The number of methoxy groups -OCH3 is 1. The maximum absolute atomic E-state index is 10.7. The summed E-state index contributed by atoms with van der Waals surface area (Å²) in [5.41, 5.74) is 2.19. The van der Waals surface area contributed by atoms with E-state index < -0.39 is 0 Å². The van der Waals surface area contributed by atoms with E-state index in [4.69, 9.17) is 4.74 Å². The molecular formula is C27H29NO2. The number of fused-ring (bicyclic) bond motifs is 2. The minimum absolute atomic E-state index is 0.361. The molecule has 0 bridgehead atoms. The van der Waals surface area contributed by atoms with Crippen molar-refractivity contribution in [2.75, 3.05) is 13.7 Å². The first-order valence-corrected chi connectivity index (χ1v) is 10.7. The topological polar surface area (TPSA) is 32.7 Å². The lowest BCUT2D eigenvalue weighted by Crippen LogP contribution is -2.24. The summed E-state index contributed by atoms with van der Waals surface area (Å²) in [6, 6.07) is 24.7. The summed E-state index contributed by atoms with van der Waals surface area (Å²) in [6.07, 6.45) is 2.24. The van der Waals surface area contributed by atoms with Gasteiger partial charge < -0.3 is 9.84 Å². The number of nitrogens with zero attached hydrogens (tertiary/aromatic N) is 1. The van der Waals surface area contributed by atoms with Crippen molar-refractivity contribution in [3.05, 3.63) is 83.9 Å². The number of phenolic OH excluding ortho intramolecular Hbond substituents is 1. The van der Waals surface area contributed by atoms with Gasteiger partial charge in [-0.2, -0.15) is 0 Å². The molecule has 0 heterocycles. The maximum atomic E-state index is 10.7. The molecule has 0 atom stereocenters. The Bertz CT molecular complexity index is 1150. The molecule has 0 unspecified atom stereocenters. The quantitative estimate of drug-likeness (QED) is 0.367. The van der Waals surface area contributed by atoms with Crippen LogP contribution in [0.3, 0.4) is 0 Å². The summed E-state index contributed by atoms with van der Waals surface area (Å²) >= 11 is 0. The summed E-state index contributed by atoms with van der Waals surface area (Å²) in [7, 11) is 1.74. The third-order valence-corrected chi connectivity index (χ3v) is 5.82. The van der Waals surface area contributed by atoms with Crippen molar-refractivity contribution in [3.8, 4) is 11.5 Å². The molecule has 0 saturated heterocycles. The first-order valence-electron chi connectivity index (χ1n) is 10.7. The normalized spacial score (nSPS) is 11.4. The van der Waals surface area contributed by atoms with Gasteiger partial charge >= 0.3 is 0 Å². The molecule has 1 N–H and O–H groups in total. The number of unbranched alkanes of at least 4 members (excludes halogenated alkanes) is 1. The molecule has 30 heavy (non-hydrogen) atoms. The molecule has 154 valence electrons. The number of aromatic hydroxyl groups is 1. The average Bonchev–Trinajstić information content (AvgIpc) is 2.79. The Balaban J connectivity index is 1.74. The highest BCUT2D eigenvalue weighted by atomic mass is 16.5. The predicted octanol–water partition coefficient (Wildman–Crippen LogP) is 6.51. The van der Waals surface area contributed by atoms with E-state index in [-0.39, 0.29) is 0 Å². The van der Waals surface area contributed by atoms with E-state index in [1.54, 1.807) is 7.11 Å².